The highest BCUT2D eigenvalue weighted by Gasteiger charge is 2.28. The number of nitrogens with zero attached hydrogens (tertiary/aromatic N) is 1. The molecule has 2 aliphatic rings. The standard InChI is InChI=1S/C14H27N3S/c1-14(7-9-17(2)10-8-14)11-15-13(18)16-12-5-3-4-6-12/h12H,3-11H2,1-2H3,(H2,15,16,18). The fraction of sp³-hybridized carbons (Fsp3) is 0.929. The quantitative estimate of drug-likeness (QED) is 0.768. The maximum absolute atomic E-state index is 5.40. The van der Waals surface area contributed by atoms with Crippen molar-refractivity contribution < 1.29 is 0 Å². The largest absolute Gasteiger partial charge is 0.362 e. The minimum absolute atomic E-state index is 0.411. The minimum Gasteiger partial charge on any atom is -0.362 e. The summed E-state index contributed by atoms with van der Waals surface area (Å²) in [6, 6.07) is 0.621. The molecule has 0 aromatic rings. The molecule has 0 bridgehead atoms. The van der Waals surface area contributed by atoms with E-state index in [1.807, 2.05) is 0 Å². The first-order chi connectivity index (χ1) is 8.57. The van der Waals surface area contributed by atoms with Crippen LogP contribution in [-0.4, -0.2) is 42.7 Å². The lowest BCUT2D eigenvalue weighted by molar-refractivity contribution is 0.142. The SMILES string of the molecule is CN1CCC(C)(CNC(=S)NC2CCCC2)CC1. The molecule has 0 aromatic carbocycles. The molecule has 0 unspecified atom stereocenters. The van der Waals surface area contributed by atoms with Gasteiger partial charge in [-0.05, 0) is 63.5 Å². The summed E-state index contributed by atoms with van der Waals surface area (Å²) in [7, 11) is 2.21. The number of hydrogen-bond acceptors (Lipinski definition) is 2. The van der Waals surface area contributed by atoms with Gasteiger partial charge in [-0.1, -0.05) is 19.8 Å². The summed E-state index contributed by atoms with van der Waals surface area (Å²) in [4.78, 5) is 2.41. The minimum atomic E-state index is 0.411. The molecule has 2 rings (SSSR count). The number of likely N-dealkylation sites (tertiary alicyclic amines) is 1. The zero-order valence-corrected chi connectivity index (χ0v) is 12.6. The van der Waals surface area contributed by atoms with Crippen LogP contribution in [0.15, 0.2) is 0 Å². The lowest BCUT2D eigenvalue weighted by atomic mass is 9.80. The summed E-state index contributed by atoms with van der Waals surface area (Å²) in [6.07, 6.45) is 7.80. The Hall–Kier alpha value is -0.350. The van der Waals surface area contributed by atoms with Crippen molar-refractivity contribution >= 4 is 17.3 Å². The van der Waals surface area contributed by atoms with Crippen LogP contribution in [0.4, 0.5) is 0 Å². The van der Waals surface area contributed by atoms with Crippen molar-refractivity contribution in [2.45, 2.75) is 51.5 Å². The summed E-state index contributed by atoms with van der Waals surface area (Å²) in [5, 5.41) is 7.75. The summed E-state index contributed by atoms with van der Waals surface area (Å²) in [5.74, 6) is 0. The van der Waals surface area contributed by atoms with Crippen LogP contribution in [0.5, 0.6) is 0 Å². The highest BCUT2D eigenvalue weighted by molar-refractivity contribution is 7.80. The molecule has 0 atom stereocenters. The second-order valence-electron chi connectivity index (χ2n) is 6.42. The van der Waals surface area contributed by atoms with Crippen molar-refractivity contribution in [1.29, 1.82) is 0 Å². The lowest BCUT2D eigenvalue weighted by Gasteiger charge is -2.38. The molecule has 3 nitrogen and oxygen atoms in total. The van der Waals surface area contributed by atoms with Gasteiger partial charge in [0.15, 0.2) is 5.11 Å². The Morgan fingerprint density at radius 1 is 1.28 bits per heavy atom. The van der Waals surface area contributed by atoms with E-state index in [-0.39, 0.29) is 0 Å². The van der Waals surface area contributed by atoms with Crippen LogP contribution >= 0.6 is 12.2 Å². The smallest absolute Gasteiger partial charge is 0.166 e. The predicted molar refractivity (Wildman–Crippen MR) is 80.8 cm³/mol. The fourth-order valence-electron chi connectivity index (χ4n) is 2.94. The zero-order chi connectivity index (χ0) is 13.0. The molecule has 4 heteroatoms. The van der Waals surface area contributed by atoms with Gasteiger partial charge in [0, 0.05) is 12.6 Å². The average molecular weight is 269 g/mol. The van der Waals surface area contributed by atoms with Crippen molar-refractivity contribution in [2.24, 2.45) is 5.41 Å². The van der Waals surface area contributed by atoms with Crippen LogP contribution in [0, 0.1) is 5.41 Å². The van der Waals surface area contributed by atoms with Gasteiger partial charge >= 0.3 is 0 Å². The Kier molecular flexibility index (Phi) is 4.84. The van der Waals surface area contributed by atoms with Crippen LogP contribution in [0.2, 0.25) is 0 Å². The van der Waals surface area contributed by atoms with E-state index in [0.29, 0.717) is 11.5 Å². The van der Waals surface area contributed by atoms with Crippen molar-refractivity contribution in [3.63, 3.8) is 0 Å². The summed E-state index contributed by atoms with van der Waals surface area (Å²) in [6.45, 7) is 5.81. The van der Waals surface area contributed by atoms with Gasteiger partial charge in [-0.25, -0.2) is 0 Å². The zero-order valence-electron chi connectivity index (χ0n) is 11.8. The molecular formula is C14H27N3S. The maximum Gasteiger partial charge on any atom is 0.166 e. The Labute approximate surface area is 117 Å². The van der Waals surface area contributed by atoms with Gasteiger partial charge in [0.2, 0.25) is 0 Å². The molecule has 1 aliphatic carbocycles. The monoisotopic (exact) mass is 269 g/mol. The third-order valence-electron chi connectivity index (χ3n) is 4.56. The number of thiocarbonyl (C=S) groups is 1. The van der Waals surface area contributed by atoms with Crippen molar-refractivity contribution in [2.75, 3.05) is 26.7 Å². The first kappa shape index (κ1) is 14.1. The van der Waals surface area contributed by atoms with Crippen molar-refractivity contribution in [3.05, 3.63) is 0 Å². The summed E-state index contributed by atoms with van der Waals surface area (Å²) in [5.41, 5.74) is 0.411. The number of hydrogen-bond donors (Lipinski definition) is 2. The predicted octanol–water partition coefficient (Wildman–Crippen LogP) is 2.12. The Morgan fingerprint density at radius 2 is 1.89 bits per heavy atom. The topological polar surface area (TPSA) is 27.3 Å². The van der Waals surface area contributed by atoms with E-state index in [1.54, 1.807) is 0 Å². The van der Waals surface area contributed by atoms with Gasteiger partial charge in [-0.2, -0.15) is 0 Å². The molecule has 1 heterocycles. The lowest BCUT2D eigenvalue weighted by Crippen LogP contribution is -2.47. The normalized spacial score (nSPS) is 25.0. The van der Waals surface area contributed by atoms with E-state index in [9.17, 15) is 0 Å². The third kappa shape index (κ3) is 4.09. The van der Waals surface area contributed by atoms with Gasteiger partial charge in [0.25, 0.3) is 0 Å². The van der Waals surface area contributed by atoms with Crippen LogP contribution < -0.4 is 10.6 Å². The third-order valence-corrected chi connectivity index (χ3v) is 4.82. The first-order valence-corrected chi connectivity index (χ1v) is 7.71. The van der Waals surface area contributed by atoms with E-state index >= 15 is 0 Å². The summed E-state index contributed by atoms with van der Waals surface area (Å²) >= 11 is 5.40. The molecule has 1 aliphatic heterocycles. The maximum atomic E-state index is 5.40. The molecule has 1 saturated carbocycles. The highest BCUT2D eigenvalue weighted by atomic mass is 32.1. The van der Waals surface area contributed by atoms with Crippen LogP contribution in [-0.2, 0) is 0 Å². The second kappa shape index (κ2) is 6.20. The van der Waals surface area contributed by atoms with Gasteiger partial charge in [-0.15, -0.1) is 0 Å². The van der Waals surface area contributed by atoms with Crippen molar-refractivity contribution in [3.8, 4) is 0 Å². The molecular weight excluding hydrogens is 242 g/mol. The van der Waals surface area contributed by atoms with Crippen LogP contribution in [0.3, 0.4) is 0 Å². The average Bonchev–Trinajstić information content (AvgIpc) is 2.84. The highest BCUT2D eigenvalue weighted by Crippen LogP contribution is 2.29. The Bertz CT molecular complexity index is 279. The molecule has 0 radical (unpaired) electrons. The molecule has 104 valence electrons. The molecule has 1 saturated heterocycles. The Balaban J connectivity index is 1.68. The van der Waals surface area contributed by atoms with E-state index in [4.69, 9.17) is 12.2 Å². The number of rotatable bonds is 3. The van der Waals surface area contributed by atoms with E-state index in [2.05, 4.69) is 29.5 Å². The van der Waals surface area contributed by atoms with E-state index in [0.717, 1.165) is 11.7 Å². The number of nitrogens with one attached hydrogen (secondary N) is 2. The first-order valence-electron chi connectivity index (χ1n) is 7.30. The fourth-order valence-corrected chi connectivity index (χ4v) is 3.17. The molecule has 0 spiro atoms. The Morgan fingerprint density at radius 3 is 2.50 bits per heavy atom. The van der Waals surface area contributed by atoms with Gasteiger partial charge in [0.1, 0.15) is 0 Å². The van der Waals surface area contributed by atoms with Gasteiger partial charge in [0.05, 0.1) is 0 Å². The second-order valence-corrected chi connectivity index (χ2v) is 6.83. The van der Waals surface area contributed by atoms with Gasteiger partial charge < -0.3 is 15.5 Å². The number of piperidine rings is 1. The molecule has 0 amide bonds. The van der Waals surface area contributed by atoms with Gasteiger partial charge in [-0.3, -0.25) is 0 Å². The molecule has 2 fully saturated rings. The molecule has 18 heavy (non-hydrogen) atoms. The van der Waals surface area contributed by atoms with Crippen molar-refractivity contribution in [1.82, 2.24) is 15.5 Å². The van der Waals surface area contributed by atoms with Crippen LogP contribution in [0.25, 0.3) is 0 Å². The van der Waals surface area contributed by atoms with Crippen LogP contribution in [0.1, 0.15) is 45.4 Å². The van der Waals surface area contributed by atoms with E-state index < -0.39 is 0 Å². The molecule has 2 N–H and O–H groups in total. The summed E-state index contributed by atoms with van der Waals surface area (Å²) < 4.78 is 0. The molecule has 0 aromatic heterocycles. The van der Waals surface area contributed by atoms with E-state index in [1.165, 1.54) is 51.6 Å².